The Labute approximate surface area is 139 Å². The van der Waals surface area contributed by atoms with E-state index in [0.717, 1.165) is 25.7 Å². The van der Waals surface area contributed by atoms with Crippen molar-refractivity contribution < 1.29 is 9.59 Å². The average Bonchev–Trinajstić information content (AvgIpc) is 3.38. The minimum absolute atomic E-state index is 0.0272. The molecule has 5 N–H and O–H groups in total. The molecule has 2 aliphatic rings. The van der Waals surface area contributed by atoms with E-state index in [4.69, 9.17) is 5.73 Å². The van der Waals surface area contributed by atoms with Crippen LogP contribution in [-0.2, 0) is 4.79 Å². The monoisotopic (exact) mass is 324 g/mol. The highest BCUT2D eigenvalue weighted by molar-refractivity contribution is 5.77. The molecule has 1 unspecified atom stereocenters. The SMILES string of the molecule is CC(CN)(NC(=O)CCCNC(=O)NC1CCCCC1)C1CC1. The van der Waals surface area contributed by atoms with Crippen molar-refractivity contribution in [3.8, 4) is 0 Å². The maximum Gasteiger partial charge on any atom is 0.315 e. The predicted octanol–water partition coefficient (Wildman–Crippen LogP) is 1.64. The largest absolute Gasteiger partial charge is 0.349 e. The first kappa shape index (κ1) is 18.0. The molecule has 0 bridgehead atoms. The van der Waals surface area contributed by atoms with Crippen molar-refractivity contribution in [1.82, 2.24) is 16.0 Å². The molecule has 132 valence electrons. The van der Waals surface area contributed by atoms with Crippen LogP contribution < -0.4 is 21.7 Å². The van der Waals surface area contributed by atoms with Crippen LogP contribution in [0.3, 0.4) is 0 Å². The molecule has 0 aromatic carbocycles. The molecule has 23 heavy (non-hydrogen) atoms. The summed E-state index contributed by atoms with van der Waals surface area (Å²) < 4.78 is 0. The van der Waals surface area contributed by atoms with E-state index in [1.165, 1.54) is 19.3 Å². The quantitative estimate of drug-likeness (QED) is 0.511. The number of nitrogens with two attached hydrogens (primary N) is 1. The highest BCUT2D eigenvalue weighted by Gasteiger charge is 2.41. The van der Waals surface area contributed by atoms with Gasteiger partial charge in [0.1, 0.15) is 0 Å². The van der Waals surface area contributed by atoms with Gasteiger partial charge in [-0.2, -0.15) is 0 Å². The minimum atomic E-state index is -0.261. The molecule has 0 heterocycles. The van der Waals surface area contributed by atoms with E-state index in [0.29, 0.717) is 37.9 Å². The van der Waals surface area contributed by atoms with Crippen molar-refractivity contribution in [3.05, 3.63) is 0 Å². The van der Waals surface area contributed by atoms with Gasteiger partial charge in [-0.1, -0.05) is 19.3 Å². The van der Waals surface area contributed by atoms with Gasteiger partial charge in [0.15, 0.2) is 0 Å². The van der Waals surface area contributed by atoms with Crippen LogP contribution in [0.25, 0.3) is 0 Å². The summed E-state index contributed by atoms with van der Waals surface area (Å²) in [6.45, 7) is 3.03. The maximum atomic E-state index is 12.0. The maximum absolute atomic E-state index is 12.0. The summed E-state index contributed by atoms with van der Waals surface area (Å²) in [5.41, 5.74) is 5.54. The Balaban J connectivity index is 1.55. The second-order valence-electron chi connectivity index (χ2n) is 7.28. The molecule has 6 heteroatoms. The summed E-state index contributed by atoms with van der Waals surface area (Å²) in [4.78, 5) is 23.8. The molecular formula is C17H32N4O2. The summed E-state index contributed by atoms with van der Waals surface area (Å²) >= 11 is 0. The van der Waals surface area contributed by atoms with E-state index in [1.807, 2.05) is 6.92 Å². The fourth-order valence-electron chi connectivity index (χ4n) is 3.36. The summed E-state index contributed by atoms with van der Waals surface area (Å²) in [6.07, 6.45) is 9.20. The van der Waals surface area contributed by atoms with E-state index < -0.39 is 0 Å². The van der Waals surface area contributed by atoms with Crippen molar-refractivity contribution >= 4 is 11.9 Å². The Morgan fingerprint density at radius 2 is 1.83 bits per heavy atom. The van der Waals surface area contributed by atoms with Gasteiger partial charge < -0.3 is 21.7 Å². The van der Waals surface area contributed by atoms with Gasteiger partial charge in [-0.3, -0.25) is 4.79 Å². The number of nitrogens with one attached hydrogen (secondary N) is 3. The number of rotatable bonds is 8. The third-order valence-corrected chi connectivity index (χ3v) is 5.13. The van der Waals surface area contributed by atoms with E-state index in [9.17, 15) is 9.59 Å². The molecule has 2 saturated carbocycles. The first-order valence-electron chi connectivity index (χ1n) is 9.09. The van der Waals surface area contributed by atoms with Crippen LogP contribution in [0.1, 0.15) is 64.7 Å². The third kappa shape index (κ3) is 6.01. The second kappa shape index (κ2) is 8.52. The Morgan fingerprint density at radius 1 is 1.13 bits per heavy atom. The highest BCUT2D eigenvalue weighted by atomic mass is 16.2. The Morgan fingerprint density at radius 3 is 2.43 bits per heavy atom. The molecule has 0 saturated heterocycles. The topological polar surface area (TPSA) is 96.2 Å². The van der Waals surface area contributed by atoms with Crippen LogP contribution >= 0.6 is 0 Å². The lowest BCUT2D eigenvalue weighted by atomic mass is 9.95. The summed E-state index contributed by atoms with van der Waals surface area (Å²) in [6, 6.07) is 0.206. The van der Waals surface area contributed by atoms with E-state index >= 15 is 0 Å². The second-order valence-corrected chi connectivity index (χ2v) is 7.28. The van der Waals surface area contributed by atoms with E-state index in [-0.39, 0.29) is 17.5 Å². The van der Waals surface area contributed by atoms with E-state index in [1.54, 1.807) is 0 Å². The van der Waals surface area contributed by atoms with Crippen molar-refractivity contribution in [2.45, 2.75) is 76.3 Å². The van der Waals surface area contributed by atoms with Crippen molar-refractivity contribution in [2.24, 2.45) is 11.7 Å². The van der Waals surface area contributed by atoms with Gasteiger partial charge >= 0.3 is 6.03 Å². The standard InChI is InChI=1S/C17H32N4O2/c1-17(12-18,13-9-10-13)21-15(22)8-5-11-19-16(23)20-14-6-3-2-4-7-14/h13-14H,2-12,18H2,1H3,(H,21,22)(H2,19,20,23). The van der Waals surface area contributed by atoms with Crippen LogP contribution in [-0.4, -0.2) is 36.6 Å². The van der Waals surface area contributed by atoms with Crippen molar-refractivity contribution in [3.63, 3.8) is 0 Å². The molecule has 0 radical (unpaired) electrons. The molecule has 3 amide bonds. The Kier molecular flexibility index (Phi) is 6.69. The fraction of sp³-hybridized carbons (Fsp3) is 0.882. The first-order valence-corrected chi connectivity index (χ1v) is 9.09. The smallest absolute Gasteiger partial charge is 0.315 e. The van der Waals surface area contributed by atoms with Crippen LogP contribution in [0, 0.1) is 5.92 Å². The highest BCUT2D eigenvalue weighted by Crippen LogP contribution is 2.38. The molecule has 0 aliphatic heterocycles. The lowest BCUT2D eigenvalue weighted by Gasteiger charge is -2.29. The van der Waals surface area contributed by atoms with Gasteiger partial charge in [0.05, 0.1) is 5.54 Å². The van der Waals surface area contributed by atoms with Gasteiger partial charge in [0, 0.05) is 25.6 Å². The molecule has 2 aliphatic carbocycles. The number of hydrogen-bond donors (Lipinski definition) is 4. The molecule has 6 nitrogen and oxygen atoms in total. The summed E-state index contributed by atoms with van der Waals surface area (Å²) in [5, 5.41) is 8.92. The van der Waals surface area contributed by atoms with Crippen LogP contribution in [0.2, 0.25) is 0 Å². The van der Waals surface area contributed by atoms with E-state index in [2.05, 4.69) is 16.0 Å². The molecule has 0 spiro atoms. The van der Waals surface area contributed by atoms with Gasteiger partial charge in [-0.15, -0.1) is 0 Å². The lowest BCUT2D eigenvalue weighted by molar-refractivity contribution is -0.123. The third-order valence-electron chi connectivity index (χ3n) is 5.13. The van der Waals surface area contributed by atoms with Crippen LogP contribution in [0.5, 0.6) is 0 Å². The molecule has 0 aromatic heterocycles. The van der Waals surface area contributed by atoms with Gasteiger partial charge in [0.2, 0.25) is 5.91 Å². The minimum Gasteiger partial charge on any atom is -0.349 e. The average molecular weight is 324 g/mol. The zero-order valence-corrected chi connectivity index (χ0v) is 14.3. The Bertz CT molecular complexity index is 405. The molecular weight excluding hydrogens is 292 g/mol. The Hall–Kier alpha value is -1.30. The lowest BCUT2D eigenvalue weighted by Crippen LogP contribution is -2.53. The van der Waals surface area contributed by atoms with Crippen molar-refractivity contribution in [2.75, 3.05) is 13.1 Å². The number of amides is 3. The predicted molar refractivity (Wildman–Crippen MR) is 91.0 cm³/mol. The zero-order valence-electron chi connectivity index (χ0n) is 14.3. The number of urea groups is 1. The number of carbonyl (C=O) groups is 2. The van der Waals surface area contributed by atoms with Gasteiger partial charge in [-0.05, 0) is 44.9 Å². The molecule has 2 rings (SSSR count). The van der Waals surface area contributed by atoms with Crippen LogP contribution in [0.4, 0.5) is 4.79 Å². The van der Waals surface area contributed by atoms with Crippen molar-refractivity contribution in [1.29, 1.82) is 0 Å². The molecule has 1 atom stereocenters. The summed E-state index contributed by atoms with van der Waals surface area (Å²) in [5.74, 6) is 0.551. The zero-order chi connectivity index (χ0) is 16.7. The van der Waals surface area contributed by atoms with Gasteiger partial charge in [0.25, 0.3) is 0 Å². The van der Waals surface area contributed by atoms with Crippen LogP contribution in [0.15, 0.2) is 0 Å². The van der Waals surface area contributed by atoms with Gasteiger partial charge in [-0.25, -0.2) is 4.79 Å². The first-order chi connectivity index (χ1) is 11.0. The molecule has 2 fully saturated rings. The number of carbonyl (C=O) groups excluding carboxylic acids is 2. The molecule has 0 aromatic rings. The summed E-state index contributed by atoms with van der Waals surface area (Å²) in [7, 11) is 0. The normalized spacial score (nSPS) is 21.3. The fourth-order valence-corrected chi connectivity index (χ4v) is 3.36. The number of hydrogen-bond acceptors (Lipinski definition) is 3.